The summed E-state index contributed by atoms with van der Waals surface area (Å²) in [5, 5.41) is 1.96. The minimum absolute atomic E-state index is 0.0716. The van der Waals surface area contributed by atoms with Gasteiger partial charge in [-0.05, 0) is 43.5 Å². The zero-order valence-electron chi connectivity index (χ0n) is 16.7. The Morgan fingerprint density at radius 2 is 1.77 bits per heavy atom. The number of rotatable bonds is 5. The van der Waals surface area contributed by atoms with Gasteiger partial charge < -0.3 is 14.1 Å². The third-order valence-electron chi connectivity index (χ3n) is 6.32. The van der Waals surface area contributed by atoms with Crippen LogP contribution in [-0.4, -0.2) is 49.4 Å². The van der Waals surface area contributed by atoms with Crippen molar-refractivity contribution in [1.29, 1.82) is 0 Å². The Morgan fingerprint density at radius 3 is 2.53 bits per heavy atom. The number of nitrogens with zero attached hydrogens (tertiary/aromatic N) is 1. The van der Waals surface area contributed by atoms with Crippen molar-refractivity contribution < 1.29 is 22.4 Å². The van der Waals surface area contributed by atoms with Crippen molar-refractivity contribution in [2.24, 2.45) is 0 Å². The molecule has 2 heterocycles. The van der Waals surface area contributed by atoms with Crippen LogP contribution in [0.3, 0.4) is 0 Å². The lowest BCUT2D eigenvalue weighted by molar-refractivity contribution is -0.137. The predicted molar refractivity (Wildman–Crippen MR) is 115 cm³/mol. The van der Waals surface area contributed by atoms with Crippen LogP contribution in [0.5, 0.6) is 5.75 Å². The molecule has 7 heteroatoms. The first-order valence-corrected chi connectivity index (χ1v) is 12.4. The van der Waals surface area contributed by atoms with Crippen LogP contribution in [0.4, 0.5) is 0 Å². The molecule has 30 heavy (non-hydrogen) atoms. The number of para-hydroxylation sites is 1. The fourth-order valence-corrected chi connectivity index (χ4v) is 6.61. The number of fused-ring (bicyclic) bond motifs is 3. The molecule has 0 bridgehead atoms. The Bertz CT molecular complexity index is 1190. The molecule has 0 N–H and O–H groups in total. The van der Waals surface area contributed by atoms with Crippen LogP contribution in [0.25, 0.3) is 21.9 Å². The van der Waals surface area contributed by atoms with Crippen molar-refractivity contribution in [2.75, 3.05) is 18.1 Å². The summed E-state index contributed by atoms with van der Waals surface area (Å²) < 4.78 is 35.7. The van der Waals surface area contributed by atoms with E-state index >= 15 is 0 Å². The summed E-state index contributed by atoms with van der Waals surface area (Å²) in [5.74, 6) is 0.718. The summed E-state index contributed by atoms with van der Waals surface area (Å²) in [6, 6.07) is 13.3. The largest absolute Gasteiger partial charge is 0.484 e. The fraction of sp³-hybridized carbons (Fsp3) is 0.435. The van der Waals surface area contributed by atoms with Crippen LogP contribution in [-0.2, 0) is 14.6 Å². The number of sulfone groups is 1. The minimum Gasteiger partial charge on any atom is -0.484 e. The molecule has 5 rings (SSSR count). The maximum Gasteiger partial charge on any atom is 0.261 e. The summed E-state index contributed by atoms with van der Waals surface area (Å²) in [6.45, 7) is -0.0890. The lowest BCUT2D eigenvalue weighted by Gasteiger charge is -2.34. The second-order valence-electron chi connectivity index (χ2n) is 8.34. The number of amides is 1. The van der Waals surface area contributed by atoms with Crippen molar-refractivity contribution >= 4 is 37.7 Å². The van der Waals surface area contributed by atoms with Gasteiger partial charge in [0.1, 0.15) is 16.9 Å². The lowest BCUT2D eigenvalue weighted by atomic mass is 10.1. The molecule has 2 aromatic carbocycles. The third kappa shape index (κ3) is 3.67. The van der Waals surface area contributed by atoms with E-state index in [0.29, 0.717) is 12.2 Å². The number of furan rings is 1. The summed E-state index contributed by atoms with van der Waals surface area (Å²) in [7, 11) is -3.05. The summed E-state index contributed by atoms with van der Waals surface area (Å²) >= 11 is 0. The van der Waals surface area contributed by atoms with Gasteiger partial charge in [-0.1, -0.05) is 31.0 Å². The number of ether oxygens (including phenoxy) is 1. The van der Waals surface area contributed by atoms with Crippen LogP contribution in [0, 0.1) is 0 Å². The zero-order valence-corrected chi connectivity index (χ0v) is 17.6. The molecule has 6 nitrogen and oxygen atoms in total. The van der Waals surface area contributed by atoms with Crippen LogP contribution in [0.1, 0.15) is 32.1 Å². The predicted octanol–water partition coefficient (Wildman–Crippen LogP) is 3.92. The second kappa shape index (κ2) is 7.61. The van der Waals surface area contributed by atoms with E-state index in [0.717, 1.165) is 47.6 Å². The first kappa shape index (κ1) is 19.4. The average Bonchev–Trinajstić information content (AvgIpc) is 3.45. The first-order valence-electron chi connectivity index (χ1n) is 10.6. The molecule has 1 atom stereocenters. The van der Waals surface area contributed by atoms with Gasteiger partial charge in [0, 0.05) is 22.9 Å². The second-order valence-corrected chi connectivity index (χ2v) is 10.6. The molecular formula is C23H25NO5S. The van der Waals surface area contributed by atoms with E-state index in [4.69, 9.17) is 9.15 Å². The van der Waals surface area contributed by atoms with Gasteiger partial charge in [0.15, 0.2) is 16.4 Å². The van der Waals surface area contributed by atoms with E-state index < -0.39 is 9.84 Å². The van der Waals surface area contributed by atoms with Gasteiger partial charge in [0.25, 0.3) is 5.91 Å². The molecule has 1 saturated carbocycles. The van der Waals surface area contributed by atoms with Crippen molar-refractivity contribution in [2.45, 2.75) is 44.2 Å². The van der Waals surface area contributed by atoms with Crippen LogP contribution >= 0.6 is 0 Å². The molecule has 1 aliphatic carbocycles. The molecule has 0 unspecified atom stereocenters. The molecule has 1 aliphatic heterocycles. The number of carbonyl (C=O) groups is 1. The van der Waals surface area contributed by atoms with Gasteiger partial charge in [-0.15, -0.1) is 0 Å². The molecule has 3 aromatic rings. The fourth-order valence-electron chi connectivity index (χ4n) is 4.90. The van der Waals surface area contributed by atoms with Crippen LogP contribution in [0.15, 0.2) is 46.9 Å². The van der Waals surface area contributed by atoms with Gasteiger partial charge in [-0.2, -0.15) is 0 Å². The van der Waals surface area contributed by atoms with E-state index in [1.54, 1.807) is 6.07 Å². The molecular weight excluding hydrogens is 402 g/mol. The summed E-state index contributed by atoms with van der Waals surface area (Å²) in [5.41, 5.74) is 1.59. The molecule has 1 saturated heterocycles. The summed E-state index contributed by atoms with van der Waals surface area (Å²) in [4.78, 5) is 14.9. The van der Waals surface area contributed by atoms with Gasteiger partial charge in [0.05, 0.1) is 11.5 Å². The highest BCUT2D eigenvalue weighted by atomic mass is 32.2. The van der Waals surface area contributed by atoms with E-state index in [1.165, 1.54) is 0 Å². The highest BCUT2D eigenvalue weighted by Crippen LogP contribution is 2.32. The van der Waals surface area contributed by atoms with Crippen molar-refractivity contribution in [1.82, 2.24) is 4.90 Å². The highest BCUT2D eigenvalue weighted by molar-refractivity contribution is 7.91. The molecule has 1 aromatic heterocycles. The molecule has 2 fully saturated rings. The quantitative estimate of drug-likeness (QED) is 0.617. The van der Waals surface area contributed by atoms with E-state index in [9.17, 15) is 13.2 Å². The number of carbonyl (C=O) groups excluding carboxylic acids is 1. The molecule has 0 radical (unpaired) electrons. The Balaban J connectivity index is 1.35. The van der Waals surface area contributed by atoms with E-state index in [-0.39, 0.29) is 36.1 Å². The molecule has 2 aliphatic rings. The zero-order chi connectivity index (χ0) is 20.7. The van der Waals surface area contributed by atoms with Crippen molar-refractivity contribution in [3.8, 4) is 5.75 Å². The smallest absolute Gasteiger partial charge is 0.261 e. The van der Waals surface area contributed by atoms with Gasteiger partial charge >= 0.3 is 0 Å². The maximum atomic E-state index is 13.1. The first-order chi connectivity index (χ1) is 14.5. The number of hydrogen-bond donors (Lipinski definition) is 0. The van der Waals surface area contributed by atoms with Crippen molar-refractivity contribution in [3.05, 3.63) is 42.5 Å². The Labute approximate surface area is 175 Å². The van der Waals surface area contributed by atoms with Gasteiger partial charge in [0.2, 0.25) is 0 Å². The molecule has 1 amide bonds. The topological polar surface area (TPSA) is 76.8 Å². The Hall–Kier alpha value is -2.54. The maximum absolute atomic E-state index is 13.1. The van der Waals surface area contributed by atoms with Crippen molar-refractivity contribution in [3.63, 3.8) is 0 Å². The summed E-state index contributed by atoms with van der Waals surface area (Å²) in [6.07, 6.45) is 4.57. The molecule has 0 spiro atoms. The van der Waals surface area contributed by atoms with Gasteiger partial charge in [-0.25, -0.2) is 8.42 Å². The Kier molecular flexibility index (Phi) is 4.93. The normalized spacial score (nSPS) is 21.4. The Morgan fingerprint density at radius 1 is 1.00 bits per heavy atom. The van der Waals surface area contributed by atoms with Crippen LogP contribution in [0.2, 0.25) is 0 Å². The third-order valence-corrected chi connectivity index (χ3v) is 8.07. The lowest BCUT2D eigenvalue weighted by Crippen LogP contribution is -2.48. The monoisotopic (exact) mass is 427 g/mol. The SMILES string of the molecule is O=C(COc1ccc2oc3ccccc3c2c1)N(C1CCCC1)[C@H]1CCS(=O)(=O)C1. The van der Waals surface area contributed by atoms with E-state index in [2.05, 4.69) is 0 Å². The standard InChI is InChI=1S/C23H25NO5S/c25-23(24(16-5-1-2-6-16)17-11-12-30(26,27)15-17)14-28-18-9-10-22-20(13-18)19-7-3-4-8-21(19)29-22/h3-4,7-10,13,16-17H,1-2,5-6,11-12,14-15H2/t17-/m0/s1. The number of hydrogen-bond acceptors (Lipinski definition) is 5. The highest BCUT2D eigenvalue weighted by Gasteiger charge is 2.39. The van der Waals surface area contributed by atoms with E-state index in [1.807, 2.05) is 41.3 Å². The number of benzene rings is 2. The average molecular weight is 428 g/mol. The minimum atomic E-state index is -3.05. The van der Waals surface area contributed by atoms with Gasteiger partial charge in [-0.3, -0.25) is 4.79 Å². The van der Waals surface area contributed by atoms with Crippen LogP contribution < -0.4 is 4.74 Å². The molecule has 158 valence electrons.